The van der Waals surface area contributed by atoms with Gasteiger partial charge >= 0.3 is 0 Å². The SMILES string of the molecule is CNCCC1CCN(Cc2ccc(Br)c(Cl)c2)CC1. The normalized spacial score (nSPS) is 17.8. The Balaban J connectivity index is 1.80. The molecule has 2 nitrogen and oxygen atoms in total. The Hall–Kier alpha value is -0.0900. The molecule has 0 bridgehead atoms. The molecular weight excluding hydrogens is 324 g/mol. The second kappa shape index (κ2) is 7.63. The molecule has 0 spiro atoms. The molecule has 0 radical (unpaired) electrons. The molecule has 1 heterocycles. The molecule has 1 aromatic rings. The highest BCUT2D eigenvalue weighted by molar-refractivity contribution is 9.10. The molecule has 19 heavy (non-hydrogen) atoms. The first-order valence-corrected chi connectivity index (χ1v) is 8.17. The van der Waals surface area contributed by atoms with Crippen LogP contribution in [0, 0.1) is 5.92 Å². The maximum Gasteiger partial charge on any atom is 0.0551 e. The van der Waals surface area contributed by atoms with Gasteiger partial charge in [0.15, 0.2) is 0 Å². The van der Waals surface area contributed by atoms with Crippen LogP contribution in [0.25, 0.3) is 0 Å². The van der Waals surface area contributed by atoms with E-state index in [0.717, 1.165) is 28.5 Å². The first-order chi connectivity index (χ1) is 9.19. The lowest BCUT2D eigenvalue weighted by atomic mass is 9.93. The van der Waals surface area contributed by atoms with Gasteiger partial charge in [-0.15, -0.1) is 0 Å². The van der Waals surface area contributed by atoms with Crippen LogP contribution < -0.4 is 5.32 Å². The van der Waals surface area contributed by atoms with Crippen molar-refractivity contribution in [2.24, 2.45) is 5.92 Å². The quantitative estimate of drug-likeness (QED) is 0.870. The monoisotopic (exact) mass is 344 g/mol. The summed E-state index contributed by atoms with van der Waals surface area (Å²) in [5.74, 6) is 0.900. The van der Waals surface area contributed by atoms with E-state index in [2.05, 4.69) is 38.3 Å². The maximum atomic E-state index is 6.14. The molecule has 1 aromatic carbocycles. The van der Waals surface area contributed by atoms with Gasteiger partial charge in [0.2, 0.25) is 0 Å². The lowest BCUT2D eigenvalue weighted by molar-refractivity contribution is 0.172. The van der Waals surface area contributed by atoms with Crippen molar-refractivity contribution in [3.63, 3.8) is 0 Å². The van der Waals surface area contributed by atoms with Crippen molar-refractivity contribution in [2.45, 2.75) is 25.8 Å². The van der Waals surface area contributed by atoms with Gasteiger partial charge in [-0.1, -0.05) is 17.7 Å². The predicted molar refractivity (Wildman–Crippen MR) is 85.7 cm³/mol. The summed E-state index contributed by atoms with van der Waals surface area (Å²) >= 11 is 9.57. The second-order valence-electron chi connectivity index (χ2n) is 5.36. The maximum absolute atomic E-state index is 6.14. The van der Waals surface area contributed by atoms with Gasteiger partial charge in [0.25, 0.3) is 0 Å². The Bertz CT molecular complexity index is 403. The van der Waals surface area contributed by atoms with E-state index in [1.807, 2.05) is 13.1 Å². The number of hydrogen-bond acceptors (Lipinski definition) is 2. The Labute approximate surface area is 129 Å². The summed E-state index contributed by atoms with van der Waals surface area (Å²) in [6.45, 7) is 4.59. The molecule has 106 valence electrons. The fraction of sp³-hybridized carbons (Fsp3) is 0.600. The average molecular weight is 346 g/mol. The minimum Gasteiger partial charge on any atom is -0.320 e. The van der Waals surface area contributed by atoms with Gasteiger partial charge < -0.3 is 5.32 Å². The molecule has 0 unspecified atom stereocenters. The van der Waals surface area contributed by atoms with Crippen LogP contribution in [0.1, 0.15) is 24.8 Å². The smallest absolute Gasteiger partial charge is 0.0551 e. The van der Waals surface area contributed by atoms with E-state index in [0.29, 0.717) is 0 Å². The molecule has 1 fully saturated rings. The van der Waals surface area contributed by atoms with Crippen LogP contribution in [-0.2, 0) is 6.54 Å². The molecule has 1 aliphatic rings. The van der Waals surface area contributed by atoms with Gasteiger partial charge in [0, 0.05) is 11.0 Å². The van der Waals surface area contributed by atoms with Crippen LogP contribution in [0.15, 0.2) is 22.7 Å². The van der Waals surface area contributed by atoms with Crippen molar-refractivity contribution in [2.75, 3.05) is 26.7 Å². The Morgan fingerprint density at radius 1 is 1.37 bits per heavy atom. The van der Waals surface area contributed by atoms with Crippen molar-refractivity contribution in [1.29, 1.82) is 0 Å². The molecule has 0 atom stereocenters. The van der Waals surface area contributed by atoms with Crippen LogP contribution in [0.4, 0.5) is 0 Å². The summed E-state index contributed by atoms with van der Waals surface area (Å²) < 4.78 is 0.976. The van der Waals surface area contributed by atoms with Gasteiger partial charge in [-0.25, -0.2) is 0 Å². The number of benzene rings is 1. The molecule has 1 aliphatic heterocycles. The van der Waals surface area contributed by atoms with E-state index in [1.54, 1.807) is 0 Å². The van der Waals surface area contributed by atoms with E-state index in [1.165, 1.54) is 37.9 Å². The molecule has 2 rings (SSSR count). The van der Waals surface area contributed by atoms with Crippen molar-refractivity contribution in [1.82, 2.24) is 10.2 Å². The number of rotatable bonds is 5. The lowest BCUT2D eigenvalue weighted by Crippen LogP contribution is -2.34. The largest absolute Gasteiger partial charge is 0.320 e. The summed E-state index contributed by atoms with van der Waals surface area (Å²) in [5.41, 5.74) is 1.31. The van der Waals surface area contributed by atoms with Crippen molar-refractivity contribution in [3.05, 3.63) is 33.3 Å². The highest BCUT2D eigenvalue weighted by Crippen LogP contribution is 2.25. The minimum absolute atomic E-state index is 0.807. The number of halogens is 2. The topological polar surface area (TPSA) is 15.3 Å². The van der Waals surface area contributed by atoms with E-state index in [4.69, 9.17) is 11.6 Å². The Morgan fingerprint density at radius 2 is 2.11 bits per heavy atom. The van der Waals surface area contributed by atoms with E-state index in [-0.39, 0.29) is 0 Å². The predicted octanol–water partition coefficient (Wildman–Crippen LogP) is 3.92. The zero-order valence-electron chi connectivity index (χ0n) is 11.5. The molecule has 0 aliphatic carbocycles. The second-order valence-corrected chi connectivity index (χ2v) is 6.62. The molecule has 1 saturated heterocycles. The number of nitrogens with one attached hydrogen (secondary N) is 1. The van der Waals surface area contributed by atoms with Crippen molar-refractivity contribution in [3.8, 4) is 0 Å². The number of piperidine rings is 1. The van der Waals surface area contributed by atoms with Gasteiger partial charge in [-0.3, -0.25) is 4.90 Å². The molecule has 1 N–H and O–H groups in total. The zero-order chi connectivity index (χ0) is 13.7. The summed E-state index contributed by atoms with van der Waals surface area (Å²) in [5, 5.41) is 4.05. The first-order valence-electron chi connectivity index (χ1n) is 7.00. The standard InChI is InChI=1S/C15H22BrClN2/c1-18-7-4-12-5-8-19(9-6-12)11-13-2-3-14(16)15(17)10-13/h2-3,10,12,18H,4-9,11H2,1H3. The molecule has 4 heteroatoms. The van der Waals surface area contributed by atoms with Gasteiger partial charge in [-0.05, 0) is 85.5 Å². The van der Waals surface area contributed by atoms with Crippen LogP contribution in [0.5, 0.6) is 0 Å². The summed E-state index contributed by atoms with van der Waals surface area (Å²) in [6.07, 6.45) is 3.96. The van der Waals surface area contributed by atoms with Crippen LogP contribution >= 0.6 is 27.5 Å². The highest BCUT2D eigenvalue weighted by atomic mass is 79.9. The minimum atomic E-state index is 0.807. The third-order valence-electron chi connectivity index (χ3n) is 3.90. The average Bonchev–Trinajstić information content (AvgIpc) is 2.42. The van der Waals surface area contributed by atoms with E-state index in [9.17, 15) is 0 Å². The fourth-order valence-corrected chi connectivity index (χ4v) is 3.13. The summed E-state index contributed by atoms with van der Waals surface area (Å²) in [7, 11) is 2.03. The lowest BCUT2D eigenvalue weighted by Gasteiger charge is -2.32. The molecule has 0 aromatic heterocycles. The van der Waals surface area contributed by atoms with E-state index < -0.39 is 0 Å². The van der Waals surface area contributed by atoms with Crippen LogP contribution in [0.3, 0.4) is 0 Å². The van der Waals surface area contributed by atoms with Crippen molar-refractivity contribution >= 4 is 27.5 Å². The molecule has 0 saturated carbocycles. The van der Waals surface area contributed by atoms with Crippen LogP contribution in [0.2, 0.25) is 5.02 Å². The van der Waals surface area contributed by atoms with Gasteiger partial charge in [-0.2, -0.15) is 0 Å². The number of likely N-dealkylation sites (tertiary alicyclic amines) is 1. The molecule has 0 amide bonds. The number of hydrogen-bond donors (Lipinski definition) is 1. The van der Waals surface area contributed by atoms with Gasteiger partial charge in [0.05, 0.1) is 5.02 Å². The zero-order valence-corrected chi connectivity index (χ0v) is 13.8. The van der Waals surface area contributed by atoms with E-state index >= 15 is 0 Å². The Kier molecular flexibility index (Phi) is 6.14. The summed E-state index contributed by atoms with van der Waals surface area (Å²) in [6, 6.07) is 6.26. The number of nitrogens with zero attached hydrogens (tertiary/aromatic N) is 1. The summed E-state index contributed by atoms with van der Waals surface area (Å²) in [4.78, 5) is 2.54. The van der Waals surface area contributed by atoms with Gasteiger partial charge in [0.1, 0.15) is 0 Å². The third kappa shape index (κ3) is 4.75. The van der Waals surface area contributed by atoms with Crippen molar-refractivity contribution < 1.29 is 0 Å². The Morgan fingerprint density at radius 3 is 2.74 bits per heavy atom. The van der Waals surface area contributed by atoms with Crippen LogP contribution in [-0.4, -0.2) is 31.6 Å². The fourth-order valence-electron chi connectivity index (χ4n) is 2.68. The third-order valence-corrected chi connectivity index (χ3v) is 5.13. The highest BCUT2D eigenvalue weighted by Gasteiger charge is 2.18. The first kappa shape index (κ1) is 15.3. The molecular formula is C15H22BrClN2.